The Kier molecular flexibility index (Phi) is 16.2. The summed E-state index contributed by atoms with van der Waals surface area (Å²) in [7, 11) is 0. The monoisotopic (exact) mass is 937 g/mol. The number of piperazine rings is 1. The van der Waals surface area contributed by atoms with Crippen LogP contribution in [0.3, 0.4) is 0 Å². The first-order chi connectivity index (χ1) is 33.6. The van der Waals surface area contributed by atoms with E-state index in [0.29, 0.717) is 107 Å². The van der Waals surface area contributed by atoms with Gasteiger partial charge in [-0.15, -0.1) is 0 Å². The molecule has 3 aliphatic heterocycles. The number of anilines is 3. The predicted molar refractivity (Wildman–Crippen MR) is 254 cm³/mol. The molecule has 1 atom stereocenters. The zero-order chi connectivity index (χ0) is 48.1. The second-order valence-electron chi connectivity index (χ2n) is 16.9. The Balaban J connectivity index is 0.661. The number of pyridine rings is 1. The standard InChI is InChI=1S/C51H55N9O9/c1-34-9-14-39(31-42(34)56-51-53-20-17-41(55-51)38-6-3-19-52-32-38)54-47(63)37-12-10-35(11-13-37)33-58-21-23-59(24-22-58)45(62)18-26-68-28-30-69-29-27-67-25-4-7-36-5-2-8-40-46(36)50(66)60(49(40)65)43-15-16-44(61)57-48(43)64/h2-3,5-6,8-14,17,19-20,31-32,43H,4,7,15-16,18,21-30,33H2,1H3,(H,54,63)(H,53,55,56)(H,57,61,64). The lowest BCUT2D eigenvalue weighted by Crippen LogP contribution is -2.54. The molecule has 3 N–H and O–H groups in total. The maximum absolute atomic E-state index is 13.3. The number of amides is 6. The largest absolute Gasteiger partial charge is 0.379 e. The van der Waals surface area contributed by atoms with Gasteiger partial charge in [0, 0.05) is 86.8 Å². The first-order valence-electron chi connectivity index (χ1n) is 23.2. The summed E-state index contributed by atoms with van der Waals surface area (Å²) in [6.07, 6.45) is 6.74. The highest BCUT2D eigenvalue weighted by molar-refractivity contribution is 6.24. The third kappa shape index (κ3) is 12.5. The van der Waals surface area contributed by atoms with Crippen LogP contribution in [0.5, 0.6) is 0 Å². The smallest absolute Gasteiger partial charge is 0.262 e. The Morgan fingerprint density at radius 3 is 2.33 bits per heavy atom. The number of imide groups is 2. The van der Waals surface area contributed by atoms with Gasteiger partial charge >= 0.3 is 0 Å². The van der Waals surface area contributed by atoms with Crippen LogP contribution in [-0.2, 0) is 41.6 Å². The average Bonchev–Trinajstić information content (AvgIpc) is 3.62. The van der Waals surface area contributed by atoms with Crippen molar-refractivity contribution in [3.63, 3.8) is 0 Å². The first kappa shape index (κ1) is 48.2. The van der Waals surface area contributed by atoms with Crippen molar-refractivity contribution < 1.29 is 43.0 Å². The van der Waals surface area contributed by atoms with Crippen LogP contribution in [0.4, 0.5) is 17.3 Å². The van der Waals surface area contributed by atoms with Crippen LogP contribution in [-0.4, -0.2) is 137 Å². The second-order valence-corrected chi connectivity index (χ2v) is 16.9. The maximum atomic E-state index is 13.3. The molecule has 2 saturated heterocycles. The fourth-order valence-corrected chi connectivity index (χ4v) is 8.44. The molecule has 0 saturated carbocycles. The van der Waals surface area contributed by atoms with Gasteiger partial charge in [-0.1, -0.05) is 30.3 Å². The van der Waals surface area contributed by atoms with Gasteiger partial charge in [0.1, 0.15) is 6.04 Å². The Morgan fingerprint density at radius 1 is 0.812 bits per heavy atom. The van der Waals surface area contributed by atoms with Gasteiger partial charge in [0.2, 0.25) is 23.7 Å². The maximum Gasteiger partial charge on any atom is 0.262 e. The molecule has 3 aromatic carbocycles. The molecule has 0 spiro atoms. The number of rotatable bonds is 21. The first-order valence-corrected chi connectivity index (χ1v) is 23.2. The number of fused-ring (bicyclic) bond motifs is 1. The molecule has 5 heterocycles. The van der Waals surface area contributed by atoms with E-state index in [1.165, 1.54) is 0 Å². The van der Waals surface area contributed by atoms with Gasteiger partial charge in [0.05, 0.1) is 56.3 Å². The molecular weight excluding hydrogens is 883 g/mol. The molecule has 2 aromatic heterocycles. The number of aryl methyl sites for hydroxylation is 2. The molecular formula is C51H55N9O9. The third-order valence-electron chi connectivity index (χ3n) is 12.2. The number of aromatic nitrogens is 3. The number of carbonyl (C=O) groups excluding carboxylic acids is 6. The van der Waals surface area contributed by atoms with Crippen LogP contribution in [0.15, 0.2) is 97.5 Å². The summed E-state index contributed by atoms with van der Waals surface area (Å²) in [4.78, 5) is 94.8. The Bertz CT molecular complexity index is 2660. The van der Waals surface area contributed by atoms with E-state index in [9.17, 15) is 28.8 Å². The normalized spacial score (nSPS) is 16.1. The Hall–Kier alpha value is -7.25. The molecule has 6 amide bonds. The number of nitrogens with zero attached hydrogens (tertiary/aromatic N) is 6. The zero-order valence-corrected chi connectivity index (χ0v) is 38.5. The highest BCUT2D eigenvalue weighted by Gasteiger charge is 2.45. The van der Waals surface area contributed by atoms with E-state index in [4.69, 9.17) is 14.2 Å². The average molecular weight is 938 g/mol. The number of hydrogen-bond acceptors (Lipinski definition) is 14. The molecule has 2 fully saturated rings. The van der Waals surface area contributed by atoms with Crippen LogP contribution in [0, 0.1) is 6.92 Å². The molecule has 0 radical (unpaired) electrons. The van der Waals surface area contributed by atoms with Crippen LogP contribution in [0.1, 0.15) is 73.4 Å². The summed E-state index contributed by atoms with van der Waals surface area (Å²) >= 11 is 0. The number of benzene rings is 3. The Morgan fingerprint density at radius 2 is 1.58 bits per heavy atom. The topological polar surface area (TPSA) is 215 Å². The van der Waals surface area contributed by atoms with Crippen molar-refractivity contribution in [1.29, 1.82) is 0 Å². The van der Waals surface area contributed by atoms with E-state index >= 15 is 0 Å². The molecule has 18 heteroatoms. The van der Waals surface area contributed by atoms with Crippen molar-refractivity contribution in [3.8, 4) is 11.3 Å². The molecule has 3 aliphatic rings. The number of ether oxygens (including phenoxy) is 3. The van der Waals surface area contributed by atoms with Gasteiger partial charge in [-0.25, -0.2) is 9.97 Å². The number of nitrogens with one attached hydrogen (secondary N) is 3. The lowest BCUT2D eigenvalue weighted by Gasteiger charge is -2.34. The molecule has 358 valence electrons. The molecule has 0 aliphatic carbocycles. The predicted octanol–water partition coefficient (Wildman–Crippen LogP) is 4.96. The van der Waals surface area contributed by atoms with Gasteiger partial charge in [-0.3, -0.25) is 48.9 Å². The Labute approximate surface area is 399 Å². The summed E-state index contributed by atoms with van der Waals surface area (Å²) in [6, 6.07) is 23.0. The molecule has 1 unspecified atom stereocenters. The van der Waals surface area contributed by atoms with Crippen molar-refractivity contribution in [1.82, 2.24) is 35.0 Å². The van der Waals surface area contributed by atoms with Crippen LogP contribution < -0.4 is 16.0 Å². The fraction of sp³-hybridized carbons (Fsp3) is 0.353. The molecule has 69 heavy (non-hydrogen) atoms. The SMILES string of the molecule is Cc1ccc(NC(=O)c2ccc(CN3CCN(C(=O)CCOCCOCCOCCCc4cccc5c4C(=O)N(C4CCC(=O)NC4=O)C5=O)CC3)cc2)cc1Nc1nccc(-c2cccnc2)n1. The number of carbonyl (C=O) groups is 6. The van der Waals surface area contributed by atoms with E-state index in [-0.39, 0.29) is 30.2 Å². The van der Waals surface area contributed by atoms with Crippen LogP contribution in [0.2, 0.25) is 0 Å². The summed E-state index contributed by atoms with van der Waals surface area (Å²) in [6.45, 7) is 7.62. The van der Waals surface area contributed by atoms with Gasteiger partial charge in [0.15, 0.2) is 0 Å². The van der Waals surface area contributed by atoms with E-state index in [1.54, 1.807) is 36.8 Å². The van der Waals surface area contributed by atoms with Crippen LogP contribution >= 0.6 is 0 Å². The third-order valence-corrected chi connectivity index (χ3v) is 12.2. The van der Waals surface area contributed by atoms with Crippen molar-refractivity contribution in [2.75, 3.05) is 76.5 Å². The highest BCUT2D eigenvalue weighted by atomic mass is 16.5. The van der Waals surface area contributed by atoms with Crippen molar-refractivity contribution in [3.05, 3.63) is 131 Å². The van der Waals surface area contributed by atoms with Gasteiger partial charge < -0.3 is 29.7 Å². The lowest BCUT2D eigenvalue weighted by molar-refractivity contribution is -0.136. The minimum Gasteiger partial charge on any atom is -0.379 e. The lowest BCUT2D eigenvalue weighted by atomic mass is 9.99. The molecule has 8 rings (SSSR count). The summed E-state index contributed by atoms with van der Waals surface area (Å²) in [5.41, 5.74) is 6.92. The molecule has 0 bridgehead atoms. The number of hydrogen-bond donors (Lipinski definition) is 3. The van der Waals surface area contributed by atoms with Crippen molar-refractivity contribution >= 4 is 52.8 Å². The van der Waals surface area contributed by atoms with Crippen molar-refractivity contribution in [2.24, 2.45) is 0 Å². The minimum atomic E-state index is -1.00. The molecule has 5 aromatic rings. The second kappa shape index (κ2) is 23.2. The van der Waals surface area contributed by atoms with E-state index in [2.05, 4.69) is 35.8 Å². The van der Waals surface area contributed by atoms with E-state index in [0.717, 1.165) is 46.1 Å². The summed E-state index contributed by atoms with van der Waals surface area (Å²) in [5.74, 6) is -1.81. The van der Waals surface area contributed by atoms with E-state index in [1.807, 2.05) is 72.5 Å². The quantitative estimate of drug-likeness (QED) is 0.0656. The van der Waals surface area contributed by atoms with Gasteiger partial charge in [-0.05, 0) is 91.4 Å². The fourth-order valence-electron chi connectivity index (χ4n) is 8.44. The number of piperidine rings is 1. The zero-order valence-electron chi connectivity index (χ0n) is 38.5. The van der Waals surface area contributed by atoms with E-state index < -0.39 is 29.7 Å². The summed E-state index contributed by atoms with van der Waals surface area (Å²) < 4.78 is 17.0. The summed E-state index contributed by atoms with van der Waals surface area (Å²) in [5, 5.41) is 8.49. The highest BCUT2D eigenvalue weighted by Crippen LogP contribution is 2.31. The van der Waals surface area contributed by atoms with Gasteiger partial charge in [-0.2, -0.15) is 0 Å². The van der Waals surface area contributed by atoms with Crippen LogP contribution in [0.25, 0.3) is 11.3 Å². The van der Waals surface area contributed by atoms with Gasteiger partial charge in [0.25, 0.3) is 17.7 Å². The molecule has 18 nitrogen and oxygen atoms in total. The minimum absolute atomic E-state index is 0.0576. The van der Waals surface area contributed by atoms with Crippen molar-refractivity contribution in [2.45, 2.75) is 51.6 Å².